The van der Waals surface area contributed by atoms with Gasteiger partial charge in [0.1, 0.15) is 12.4 Å². The Bertz CT molecular complexity index is 910. The molecule has 2 N–H and O–H groups in total. The molecule has 0 saturated carbocycles. The lowest BCUT2D eigenvalue weighted by atomic mass is 9.95. The first kappa shape index (κ1) is 18.8. The van der Waals surface area contributed by atoms with Crippen molar-refractivity contribution >= 4 is 23.6 Å². The molecule has 6 nitrogen and oxygen atoms in total. The molecule has 0 spiro atoms. The molecule has 0 saturated heterocycles. The molecular formula is C20H19ClN2O4. The average Bonchev–Trinajstić information content (AvgIpc) is 2.65. The van der Waals surface area contributed by atoms with Gasteiger partial charge in [-0.15, -0.1) is 0 Å². The zero-order chi connectivity index (χ0) is 19.4. The van der Waals surface area contributed by atoms with Crippen LogP contribution in [-0.2, 0) is 16.1 Å². The topological polar surface area (TPSA) is 76.7 Å². The van der Waals surface area contributed by atoms with Crippen molar-refractivity contribution < 1.29 is 19.1 Å². The van der Waals surface area contributed by atoms with Crippen LogP contribution in [0.4, 0.5) is 4.79 Å². The van der Waals surface area contributed by atoms with Crippen molar-refractivity contribution in [2.24, 2.45) is 0 Å². The molecule has 140 valence electrons. The van der Waals surface area contributed by atoms with Gasteiger partial charge in [-0.25, -0.2) is 9.59 Å². The Morgan fingerprint density at radius 1 is 1.19 bits per heavy atom. The van der Waals surface area contributed by atoms with Gasteiger partial charge in [0.05, 0.1) is 18.7 Å². The molecule has 1 heterocycles. The number of carbonyl (C=O) groups is 2. The van der Waals surface area contributed by atoms with E-state index in [0.717, 1.165) is 5.56 Å². The molecule has 0 aromatic heterocycles. The first-order valence-electron chi connectivity index (χ1n) is 8.31. The Labute approximate surface area is 162 Å². The maximum atomic E-state index is 12.2. The van der Waals surface area contributed by atoms with Crippen molar-refractivity contribution in [2.75, 3.05) is 7.11 Å². The van der Waals surface area contributed by atoms with E-state index in [1.807, 2.05) is 30.3 Å². The summed E-state index contributed by atoms with van der Waals surface area (Å²) in [5, 5.41) is 6.00. The second kappa shape index (κ2) is 8.14. The van der Waals surface area contributed by atoms with Crippen LogP contribution in [-0.4, -0.2) is 19.1 Å². The molecule has 2 aromatic carbocycles. The fourth-order valence-electron chi connectivity index (χ4n) is 2.90. The van der Waals surface area contributed by atoms with E-state index in [1.54, 1.807) is 25.1 Å². The second-order valence-corrected chi connectivity index (χ2v) is 6.49. The van der Waals surface area contributed by atoms with Gasteiger partial charge in [-0.3, -0.25) is 0 Å². The Hall–Kier alpha value is -2.99. The van der Waals surface area contributed by atoms with Gasteiger partial charge in [0.2, 0.25) is 0 Å². The molecule has 1 aliphatic heterocycles. The first-order chi connectivity index (χ1) is 13.0. The molecule has 0 bridgehead atoms. The molecule has 2 amide bonds. The van der Waals surface area contributed by atoms with Gasteiger partial charge < -0.3 is 20.1 Å². The number of esters is 1. The summed E-state index contributed by atoms with van der Waals surface area (Å²) in [7, 11) is 1.31. The minimum Gasteiger partial charge on any atom is -0.489 e. The minimum atomic E-state index is -0.624. The molecule has 1 aliphatic rings. The van der Waals surface area contributed by atoms with Gasteiger partial charge in [0.15, 0.2) is 0 Å². The van der Waals surface area contributed by atoms with E-state index in [2.05, 4.69) is 10.6 Å². The molecule has 1 atom stereocenters. The lowest BCUT2D eigenvalue weighted by molar-refractivity contribution is -0.136. The standard InChI is InChI=1S/C20H19ClN2O4/c1-12-17(19(24)26-2)18(23-20(25)22-12)14-6-4-8-16(10-14)27-11-13-5-3-7-15(21)9-13/h3-10,18H,11H2,1-2H3,(H2,22,23,25). The third-order valence-electron chi connectivity index (χ3n) is 4.16. The predicted molar refractivity (Wildman–Crippen MR) is 101 cm³/mol. The molecule has 7 heteroatoms. The maximum Gasteiger partial charge on any atom is 0.337 e. The zero-order valence-electron chi connectivity index (χ0n) is 14.9. The van der Waals surface area contributed by atoms with Gasteiger partial charge in [0, 0.05) is 10.7 Å². The number of methoxy groups -OCH3 is 1. The third-order valence-corrected chi connectivity index (χ3v) is 4.40. The van der Waals surface area contributed by atoms with Gasteiger partial charge >= 0.3 is 12.0 Å². The Morgan fingerprint density at radius 2 is 1.96 bits per heavy atom. The molecule has 3 rings (SSSR count). The van der Waals surface area contributed by atoms with Crippen LogP contribution in [0.1, 0.15) is 24.1 Å². The number of amides is 2. The Kier molecular flexibility index (Phi) is 5.66. The summed E-state index contributed by atoms with van der Waals surface area (Å²) in [6.45, 7) is 2.01. The lowest BCUT2D eigenvalue weighted by Crippen LogP contribution is -2.45. The van der Waals surface area contributed by atoms with Crippen molar-refractivity contribution in [1.29, 1.82) is 0 Å². The van der Waals surface area contributed by atoms with Crippen LogP contribution in [0.25, 0.3) is 0 Å². The molecule has 0 radical (unpaired) electrons. The summed E-state index contributed by atoms with van der Waals surface area (Å²) in [4.78, 5) is 24.1. The molecular weight excluding hydrogens is 368 g/mol. The minimum absolute atomic E-state index is 0.349. The van der Waals surface area contributed by atoms with Crippen LogP contribution in [0.15, 0.2) is 59.8 Å². The summed E-state index contributed by atoms with van der Waals surface area (Å²) in [5.41, 5.74) is 2.46. The van der Waals surface area contributed by atoms with E-state index in [4.69, 9.17) is 21.1 Å². The van der Waals surface area contributed by atoms with Gasteiger partial charge in [-0.05, 0) is 42.3 Å². The summed E-state index contributed by atoms with van der Waals surface area (Å²) in [6, 6.07) is 13.6. The van der Waals surface area contributed by atoms with E-state index < -0.39 is 12.0 Å². The Balaban J connectivity index is 1.84. The highest BCUT2D eigenvalue weighted by atomic mass is 35.5. The van der Waals surface area contributed by atoms with Crippen LogP contribution in [0.2, 0.25) is 5.02 Å². The van der Waals surface area contributed by atoms with Crippen molar-refractivity contribution in [3.8, 4) is 5.75 Å². The Morgan fingerprint density at radius 3 is 2.70 bits per heavy atom. The quantitative estimate of drug-likeness (QED) is 0.768. The normalized spacial score (nSPS) is 16.4. The number of nitrogens with one attached hydrogen (secondary N) is 2. The molecule has 0 fully saturated rings. The number of benzene rings is 2. The van der Waals surface area contributed by atoms with E-state index in [0.29, 0.717) is 34.2 Å². The van der Waals surface area contributed by atoms with Crippen molar-refractivity contribution in [3.63, 3.8) is 0 Å². The lowest BCUT2D eigenvalue weighted by Gasteiger charge is -2.28. The van der Waals surface area contributed by atoms with Gasteiger partial charge in [0.25, 0.3) is 0 Å². The van der Waals surface area contributed by atoms with E-state index in [-0.39, 0.29) is 6.03 Å². The largest absolute Gasteiger partial charge is 0.489 e. The number of allylic oxidation sites excluding steroid dienone is 1. The number of carbonyl (C=O) groups excluding carboxylic acids is 2. The van der Waals surface area contributed by atoms with Crippen LogP contribution in [0, 0.1) is 0 Å². The van der Waals surface area contributed by atoms with Crippen molar-refractivity contribution in [2.45, 2.75) is 19.6 Å². The zero-order valence-corrected chi connectivity index (χ0v) is 15.7. The predicted octanol–water partition coefficient (Wildman–Crippen LogP) is 3.72. The number of ether oxygens (including phenoxy) is 2. The second-order valence-electron chi connectivity index (χ2n) is 6.05. The van der Waals surface area contributed by atoms with Crippen LogP contribution in [0.3, 0.4) is 0 Å². The summed E-state index contributed by atoms with van der Waals surface area (Å²) < 4.78 is 10.7. The van der Waals surface area contributed by atoms with Crippen LogP contribution in [0.5, 0.6) is 5.75 Å². The maximum absolute atomic E-state index is 12.2. The summed E-state index contributed by atoms with van der Waals surface area (Å²) in [6.07, 6.45) is 0. The van der Waals surface area contributed by atoms with E-state index >= 15 is 0 Å². The van der Waals surface area contributed by atoms with E-state index in [9.17, 15) is 9.59 Å². The number of rotatable bonds is 5. The molecule has 0 aliphatic carbocycles. The fourth-order valence-corrected chi connectivity index (χ4v) is 3.11. The van der Waals surface area contributed by atoms with E-state index in [1.165, 1.54) is 7.11 Å². The molecule has 27 heavy (non-hydrogen) atoms. The summed E-state index contributed by atoms with van der Waals surface area (Å²) >= 11 is 5.99. The van der Waals surface area contributed by atoms with Crippen LogP contribution >= 0.6 is 11.6 Å². The smallest absolute Gasteiger partial charge is 0.337 e. The number of hydrogen-bond acceptors (Lipinski definition) is 4. The fraction of sp³-hybridized carbons (Fsp3) is 0.200. The van der Waals surface area contributed by atoms with Crippen molar-refractivity contribution in [3.05, 3.63) is 76.0 Å². The highest BCUT2D eigenvalue weighted by molar-refractivity contribution is 6.30. The highest BCUT2D eigenvalue weighted by Crippen LogP contribution is 2.29. The van der Waals surface area contributed by atoms with Crippen molar-refractivity contribution in [1.82, 2.24) is 10.6 Å². The average molecular weight is 387 g/mol. The monoisotopic (exact) mass is 386 g/mol. The van der Waals surface area contributed by atoms with Crippen LogP contribution < -0.4 is 15.4 Å². The first-order valence-corrected chi connectivity index (χ1v) is 8.69. The summed E-state index contributed by atoms with van der Waals surface area (Å²) in [5.74, 6) is 0.109. The number of halogens is 1. The highest BCUT2D eigenvalue weighted by Gasteiger charge is 2.31. The van der Waals surface area contributed by atoms with Gasteiger partial charge in [-0.2, -0.15) is 0 Å². The third kappa shape index (κ3) is 4.41. The number of hydrogen-bond donors (Lipinski definition) is 2. The molecule has 1 unspecified atom stereocenters. The van der Waals surface area contributed by atoms with Gasteiger partial charge in [-0.1, -0.05) is 35.9 Å². The molecule has 2 aromatic rings. The SMILES string of the molecule is COC(=O)C1=C(C)NC(=O)NC1c1cccc(OCc2cccc(Cl)c2)c1. The number of urea groups is 1.